The predicted octanol–water partition coefficient (Wildman–Crippen LogP) is 0.0619. The first-order valence-electron chi connectivity index (χ1n) is 9.36. The molecule has 1 aromatic heterocycles. The molecule has 1 spiro atoms. The topological polar surface area (TPSA) is 74.8 Å². The second-order valence-corrected chi connectivity index (χ2v) is 7.74. The third-order valence-corrected chi connectivity index (χ3v) is 5.59. The summed E-state index contributed by atoms with van der Waals surface area (Å²) in [6.45, 7) is 3.26. The van der Waals surface area contributed by atoms with Crippen LogP contribution in [-0.4, -0.2) is 78.1 Å². The largest absolute Gasteiger partial charge is 0.368 e. The van der Waals surface area contributed by atoms with Gasteiger partial charge in [0.1, 0.15) is 11.6 Å². The van der Waals surface area contributed by atoms with Crippen LogP contribution in [0.15, 0.2) is 24.4 Å². The van der Waals surface area contributed by atoms with Crippen LogP contribution in [-0.2, 0) is 20.7 Å². The van der Waals surface area contributed by atoms with E-state index in [0.29, 0.717) is 32.0 Å². The Morgan fingerprint density at radius 2 is 2.12 bits per heavy atom. The highest BCUT2D eigenvalue weighted by molar-refractivity contribution is 5.82. The Bertz CT molecular complexity index is 671. The van der Waals surface area contributed by atoms with Gasteiger partial charge in [-0.15, -0.1) is 0 Å². The maximum atomic E-state index is 12.5. The zero-order chi connectivity index (χ0) is 18.1. The predicted molar refractivity (Wildman–Crippen MR) is 95.4 cm³/mol. The van der Waals surface area contributed by atoms with Gasteiger partial charge in [-0.2, -0.15) is 0 Å². The van der Waals surface area contributed by atoms with Crippen molar-refractivity contribution in [3.63, 3.8) is 0 Å². The standard InChI is InChI=1S/C19H26N4O3/c1-20-18(25)16-10-26-19(11-22(16)9-14-5-6-14)12-23(13-19)17(24)8-15-4-2-3-7-21-15/h2-4,7,14,16H,5-6,8-13H2,1H3,(H,20,25). The molecule has 0 bridgehead atoms. The van der Waals surface area contributed by atoms with E-state index < -0.39 is 0 Å². The number of amides is 2. The lowest BCUT2D eigenvalue weighted by Crippen LogP contribution is -2.73. The van der Waals surface area contributed by atoms with Crippen LogP contribution in [0.5, 0.6) is 0 Å². The van der Waals surface area contributed by atoms with Crippen molar-refractivity contribution < 1.29 is 14.3 Å². The van der Waals surface area contributed by atoms with Crippen molar-refractivity contribution in [1.29, 1.82) is 0 Å². The fourth-order valence-electron chi connectivity index (χ4n) is 3.91. The van der Waals surface area contributed by atoms with Crippen LogP contribution in [0.4, 0.5) is 0 Å². The number of hydrogen-bond donors (Lipinski definition) is 1. The van der Waals surface area contributed by atoms with Gasteiger partial charge in [-0.3, -0.25) is 19.5 Å². The summed E-state index contributed by atoms with van der Waals surface area (Å²) in [4.78, 5) is 33.0. The number of nitrogens with one attached hydrogen (secondary N) is 1. The third-order valence-electron chi connectivity index (χ3n) is 5.59. The second-order valence-electron chi connectivity index (χ2n) is 7.74. The lowest BCUT2D eigenvalue weighted by molar-refractivity contribution is -0.204. The van der Waals surface area contributed by atoms with Crippen LogP contribution in [0.1, 0.15) is 18.5 Å². The number of ether oxygens (including phenoxy) is 1. The number of likely N-dealkylation sites (N-methyl/N-ethyl adjacent to an activating group) is 1. The normalized spacial score (nSPS) is 25.0. The van der Waals surface area contributed by atoms with Gasteiger partial charge in [0.15, 0.2) is 0 Å². The first kappa shape index (κ1) is 17.4. The molecule has 0 radical (unpaired) electrons. The lowest BCUT2D eigenvalue weighted by atomic mass is 9.89. The molecule has 7 heteroatoms. The maximum Gasteiger partial charge on any atom is 0.239 e. The highest BCUT2D eigenvalue weighted by Crippen LogP contribution is 2.35. The molecule has 2 amide bonds. The van der Waals surface area contributed by atoms with Crippen molar-refractivity contribution in [3.8, 4) is 0 Å². The summed E-state index contributed by atoms with van der Waals surface area (Å²) in [5.74, 6) is 0.808. The summed E-state index contributed by atoms with van der Waals surface area (Å²) < 4.78 is 6.09. The molecule has 2 saturated heterocycles. The fraction of sp³-hybridized carbons (Fsp3) is 0.632. The molecule has 2 aliphatic heterocycles. The van der Waals surface area contributed by atoms with E-state index in [-0.39, 0.29) is 23.5 Å². The lowest BCUT2D eigenvalue weighted by Gasteiger charge is -2.55. The smallest absolute Gasteiger partial charge is 0.239 e. The van der Waals surface area contributed by atoms with E-state index in [1.807, 2.05) is 23.1 Å². The van der Waals surface area contributed by atoms with Gasteiger partial charge in [-0.05, 0) is 30.9 Å². The van der Waals surface area contributed by atoms with Crippen LogP contribution in [0, 0.1) is 5.92 Å². The molecule has 4 rings (SSSR count). The van der Waals surface area contributed by atoms with Gasteiger partial charge in [-0.25, -0.2) is 0 Å². The first-order chi connectivity index (χ1) is 12.6. The van der Waals surface area contributed by atoms with Crippen LogP contribution in [0.2, 0.25) is 0 Å². The zero-order valence-corrected chi connectivity index (χ0v) is 15.2. The second kappa shape index (κ2) is 6.96. The Morgan fingerprint density at radius 3 is 2.77 bits per heavy atom. The quantitative estimate of drug-likeness (QED) is 0.806. The summed E-state index contributed by atoms with van der Waals surface area (Å²) in [6.07, 6.45) is 4.53. The molecular weight excluding hydrogens is 332 g/mol. The van der Waals surface area contributed by atoms with E-state index in [2.05, 4.69) is 15.2 Å². The summed E-state index contributed by atoms with van der Waals surface area (Å²) in [6, 6.07) is 5.39. The average Bonchev–Trinajstić information content (AvgIpc) is 3.43. The van der Waals surface area contributed by atoms with E-state index in [0.717, 1.165) is 18.8 Å². The third kappa shape index (κ3) is 3.59. The van der Waals surface area contributed by atoms with E-state index >= 15 is 0 Å². The summed E-state index contributed by atoms with van der Waals surface area (Å²) in [5, 5.41) is 2.74. The minimum Gasteiger partial charge on any atom is -0.368 e. The average molecular weight is 358 g/mol. The van der Waals surface area contributed by atoms with Crippen molar-refractivity contribution in [3.05, 3.63) is 30.1 Å². The van der Waals surface area contributed by atoms with Crippen LogP contribution in [0.25, 0.3) is 0 Å². The van der Waals surface area contributed by atoms with Crippen molar-refractivity contribution in [1.82, 2.24) is 20.1 Å². The van der Waals surface area contributed by atoms with E-state index in [4.69, 9.17) is 4.74 Å². The van der Waals surface area contributed by atoms with Crippen molar-refractivity contribution in [2.45, 2.75) is 30.9 Å². The van der Waals surface area contributed by atoms with Gasteiger partial charge in [0.05, 0.1) is 26.1 Å². The van der Waals surface area contributed by atoms with Crippen molar-refractivity contribution in [2.24, 2.45) is 5.92 Å². The number of carbonyl (C=O) groups excluding carboxylic acids is 2. The van der Waals surface area contributed by atoms with Gasteiger partial charge in [0, 0.05) is 32.0 Å². The number of aromatic nitrogens is 1. The Hall–Kier alpha value is -1.99. The van der Waals surface area contributed by atoms with Crippen LogP contribution in [0.3, 0.4) is 0 Å². The van der Waals surface area contributed by atoms with E-state index in [1.165, 1.54) is 12.8 Å². The SMILES string of the molecule is CNC(=O)C1COC2(CN(C(=O)Cc3ccccn3)C2)CN1CC1CC1. The highest BCUT2D eigenvalue weighted by atomic mass is 16.5. The molecule has 26 heavy (non-hydrogen) atoms. The van der Waals surface area contributed by atoms with E-state index in [9.17, 15) is 9.59 Å². The summed E-state index contributed by atoms with van der Waals surface area (Å²) in [5.41, 5.74) is 0.470. The molecule has 1 unspecified atom stereocenters. The number of carbonyl (C=O) groups is 2. The number of morpholine rings is 1. The monoisotopic (exact) mass is 358 g/mol. The fourth-order valence-corrected chi connectivity index (χ4v) is 3.91. The Labute approximate surface area is 153 Å². The molecule has 7 nitrogen and oxygen atoms in total. The molecule has 1 aliphatic carbocycles. The molecule has 1 aromatic rings. The molecule has 3 fully saturated rings. The number of rotatable bonds is 5. The Kier molecular flexibility index (Phi) is 4.67. The number of nitrogens with zero attached hydrogens (tertiary/aromatic N) is 3. The van der Waals surface area contributed by atoms with Crippen LogP contribution >= 0.6 is 0 Å². The van der Waals surface area contributed by atoms with Gasteiger partial charge in [-0.1, -0.05) is 6.07 Å². The summed E-state index contributed by atoms with van der Waals surface area (Å²) >= 11 is 0. The molecule has 3 aliphatic rings. The van der Waals surface area contributed by atoms with Gasteiger partial charge in [0.25, 0.3) is 0 Å². The zero-order valence-electron chi connectivity index (χ0n) is 15.2. The minimum atomic E-state index is -0.320. The van der Waals surface area contributed by atoms with Gasteiger partial charge in [0.2, 0.25) is 11.8 Å². The number of hydrogen-bond acceptors (Lipinski definition) is 5. The molecule has 1 N–H and O–H groups in total. The highest BCUT2D eigenvalue weighted by Gasteiger charge is 2.52. The first-order valence-corrected chi connectivity index (χ1v) is 9.36. The summed E-state index contributed by atoms with van der Waals surface area (Å²) in [7, 11) is 1.67. The van der Waals surface area contributed by atoms with Crippen molar-refractivity contribution >= 4 is 11.8 Å². The number of pyridine rings is 1. The van der Waals surface area contributed by atoms with Gasteiger partial charge >= 0.3 is 0 Å². The number of likely N-dealkylation sites (tertiary alicyclic amines) is 1. The van der Waals surface area contributed by atoms with Crippen molar-refractivity contribution in [2.75, 3.05) is 39.8 Å². The van der Waals surface area contributed by atoms with Crippen LogP contribution < -0.4 is 5.32 Å². The minimum absolute atomic E-state index is 0.0166. The molecular formula is C19H26N4O3. The molecule has 1 atom stereocenters. The molecule has 1 saturated carbocycles. The molecule has 3 heterocycles. The molecule has 140 valence electrons. The Balaban J connectivity index is 1.35. The maximum absolute atomic E-state index is 12.5. The van der Waals surface area contributed by atoms with E-state index in [1.54, 1.807) is 13.2 Å². The molecule has 0 aromatic carbocycles. The Morgan fingerprint density at radius 1 is 1.31 bits per heavy atom. The van der Waals surface area contributed by atoms with Gasteiger partial charge < -0.3 is 15.0 Å².